The first-order chi connectivity index (χ1) is 13.6. The molecule has 3 rings (SSSR count). The van der Waals surface area contributed by atoms with Gasteiger partial charge in [0.25, 0.3) is 5.91 Å². The molecule has 2 aromatic carbocycles. The van der Waals surface area contributed by atoms with Crippen LogP contribution in [0.2, 0.25) is 0 Å². The highest BCUT2D eigenvalue weighted by atomic mass is 16.4. The number of amides is 1. The highest BCUT2D eigenvalue weighted by Crippen LogP contribution is 2.19. The molecule has 0 atom stereocenters. The van der Waals surface area contributed by atoms with Crippen LogP contribution in [-0.2, 0) is 12.8 Å². The predicted molar refractivity (Wildman–Crippen MR) is 109 cm³/mol. The number of benzene rings is 2. The van der Waals surface area contributed by atoms with Gasteiger partial charge in [-0.3, -0.25) is 4.79 Å². The molecule has 0 radical (unpaired) electrons. The van der Waals surface area contributed by atoms with Gasteiger partial charge >= 0.3 is 0 Å². The van der Waals surface area contributed by atoms with Gasteiger partial charge < -0.3 is 14.6 Å². The van der Waals surface area contributed by atoms with Crippen LogP contribution in [0.5, 0.6) is 0 Å². The Morgan fingerprint density at radius 1 is 1.00 bits per heavy atom. The number of hydrogen-bond donors (Lipinski definition) is 1. The molecule has 3 aromatic rings. The quantitative estimate of drug-likeness (QED) is 0.579. The van der Waals surface area contributed by atoms with E-state index in [1.165, 1.54) is 5.56 Å². The number of hydrogen-bond acceptors (Lipinski definition) is 5. The van der Waals surface area contributed by atoms with Crippen molar-refractivity contribution < 1.29 is 9.21 Å². The minimum absolute atomic E-state index is 0.0700. The molecule has 6 heteroatoms. The van der Waals surface area contributed by atoms with Gasteiger partial charge in [-0.15, -0.1) is 10.2 Å². The summed E-state index contributed by atoms with van der Waals surface area (Å²) >= 11 is 0. The largest absolute Gasteiger partial charge is 0.421 e. The van der Waals surface area contributed by atoms with Crippen LogP contribution in [-0.4, -0.2) is 48.2 Å². The second-order valence-corrected chi connectivity index (χ2v) is 6.98. The highest BCUT2D eigenvalue weighted by molar-refractivity contribution is 5.94. The molecule has 1 heterocycles. The maximum absolute atomic E-state index is 12.2. The van der Waals surface area contributed by atoms with Crippen LogP contribution in [0.4, 0.5) is 0 Å². The number of aromatic nitrogens is 2. The number of nitrogens with one attached hydrogen (secondary N) is 1. The van der Waals surface area contributed by atoms with Crippen LogP contribution in [0, 0.1) is 0 Å². The first-order valence-electron chi connectivity index (χ1n) is 9.51. The monoisotopic (exact) mass is 378 g/mol. The molecule has 28 heavy (non-hydrogen) atoms. The second kappa shape index (κ2) is 9.80. The molecular formula is C22H26N4O2. The standard InChI is InChI=1S/C22H26N4O2/c1-26(2)16-6-15-23-21(27)18-10-12-19(13-11-18)22-25-24-20(28-22)14-9-17-7-4-3-5-8-17/h3-5,7-8,10-13H,6,9,14-16H2,1-2H3,(H,23,27). The Kier molecular flexibility index (Phi) is 6.92. The molecule has 0 spiro atoms. The fourth-order valence-corrected chi connectivity index (χ4v) is 2.83. The molecule has 0 aliphatic rings. The summed E-state index contributed by atoms with van der Waals surface area (Å²) in [4.78, 5) is 14.3. The van der Waals surface area contributed by atoms with Crippen molar-refractivity contribution in [2.45, 2.75) is 19.3 Å². The fraction of sp³-hybridized carbons (Fsp3) is 0.318. The van der Waals surface area contributed by atoms with Crippen molar-refractivity contribution >= 4 is 5.91 Å². The summed E-state index contributed by atoms with van der Waals surface area (Å²) in [6.07, 6.45) is 2.48. The third-order valence-corrected chi connectivity index (χ3v) is 4.40. The first kappa shape index (κ1) is 19.8. The number of carbonyl (C=O) groups is 1. The van der Waals surface area contributed by atoms with E-state index < -0.39 is 0 Å². The molecule has 1 N–H and O–H groups in total. The molecule has 0 aliphatic heterocycles. The third kappa shape index (κ3) is 5.76. The summed E-state index contributed by atoms with van der Waals surface area (Å²) in [5.41, 5.74) is 2.67. The molecule has 0 unspecified atom stereocenters. The molecule has 0 aliphatic carbocycles. The Labute approximate surface area is 165 Å². The summed E-state index contributed by atoms with van der Waals surface area (Å²) in [6, 6.07) is 17.5. The topological polar surface area (TPSA) is 71.3 Å². The Morgan fingerprint density at radius 2 is 1.75 bits per heavy atom. The van der Waals surface area contributed by atoms with E-state index in [-0.39, 0.29) is 5.91 Å². The number of carbonyl (C=O) groups excluding carboxylic acids is 1. The van der Waals surface area contributed by atoms with Gasteiger partial charge in [0.1, 0.15) is 0 Å². The zero-order valence-corrected chi connectivity index (χ0v) is 16.4. The lowest BCUT2D eigenvalue weighted by molar-refractivity contribution is 0.0952. The van der Waals surface area contributed by atoms with Gasteiger partial charge in [-0.25, -0.2) is 0 Å². The third-order valence-electron chi connectivity index (χ3n) is 4.40. The molecule has 0 saturated heterocycles. The minimum Gasteiger partial charge on any atom is -0.421 e. The number of aryl methyl sites for hydroxylation is 2. The van der Waals surface area contributed by atoms with Crippen molar-refractivity contribution in [1.29, 1.82) is 0 Å². The molecule has 146 valence electrons. The van der Waals surface area contributed by atoms with Crippen molar-refractivity contribution in [3.8, 4) is 11.5 Å². The van der Waals surface area contributed by atoms with Crippen LogP contribution in [0.3, 0.4) is 0 Å². The number of rotatable bonds is 9. The van der Waals surface area contributed by atoms with Crippen LogP contribution < -0.4 is 5.32 Å². The van der Waals surface area contributed by atoms with Gasteiger partial charge in [-0.1, -0.05) is 30.3 Å². The number of nitrogens with zero attached hydrogens (tertiary/aromatic N) is 3. The van der Waals surface area contributed by atoms with E-state index in [0.29, 0.717) is 30.3 Å². The SMILES string of the molecule is CN(C)CCCNC(=O)c1ccc(-c2nnc(CCc3ccccc3)o2)cc1. The van der Waals surface area contributed by atoms with Crippen LogP contribution in [0.1, 0.15) is 28.2 Å². The first-order valence-corrected chi connectivity index (χ1v) is 9.51. The van der Waals surface area contributed by atoms with Crippen LogP contribution in [0.15, 0.2) is 59.0 Å². The molecule has 6 nitrogen and oxygen atoms in total. The van der Waals surface area contributed by atoms with Crippen molar-refractivity contribution in [2.75, 3.05) is 27.2 Å². The highest BCUT2D eigenvalue weighted by Gasteiger charge is 2.10. The minimum atomic E-state index is -0.0700. The van der Waals surface area contributed by atoms with Crippen molar-refractivity contribution in [2.24, 2.45) is 0 Å². The predicted octanol–water partition coefficient (Wildman–Crippen LogP) is 3.20. The van der Waals surface area contributed by atoms with E-state index in [1.807, 2.05) is 44.4 Å². The molecule has 1 amide bonds. The Morgan fingerprint density at radius 3 is 2.46 bits per heavy atom. The van der Waals surface area contributed by atoms with E-state index >= 15 is 0 Å². The van der Waals surface area contributed by atoms with E-state index in [4.69, 9.17) is 4.42 Å². The van der Waals surface area contributed by atoms with Crippen molar-refractivity contribution in [1.82, 2.24) is 20.4 Å². The smallest absolute Gasteiger partial charge is 0.251 e. The van der Waals surface area contributed by atoms with Crippen LogP contribution in [0.25, 0.3) is 11.5 Å². The lowest BCUT2D eigenvalue weighted by Crippen LogP contribution is -2.27. The van der Waals surface area contributed by atoms with E-state index in [0.717, 1.165) is 24.9 Å². The van der Waals surface area contributed by atoms with Crippen molar-refractivity contribution in [3.63, 3.8) is 0 Å². The fourth-order valence-electron chi connectivity index (χ4n) is 2.83. The normalized spacial score (nSPS) is 11.0. The summed E-state index contributed by atoms with van der Waals surface area (Å²) < 4.78 is 5.77. The van der Waals surface area contributed by atoms with Gasteiger partial charge in [-0.05, 0) is 63.3 Å². The van der Waals surface area contributed by atoms with E-state index in [1.54, 1.807) is 12.1 Å². The van der Waals surface area contributed by atoms with Gasteiger partial charge in [0.2, 0.25) is 11.8 Å². The summed E-state index contributed by atoms with van der Waals surface area (Å²) in [6.45, 7) is 1.61. The molecule has 0 fully saturated rings. The van der Waals surface area contributed by atoms with E-state index in [2.05, 4.69) is 32.5 Å². The maximum atomic E-state index is 12.2. The van der Waals surface area contributed by atoms with Gasteiger partial charge in [-0.2, -0.15) is 0 Å². The van der Waals surface area contributed by atoms with Crippen LogP contribution >= 0.6 is 0 Å². The average Bonchev–Trinajstić information content (AvgIpc) is 3.19. The Hall–Kier alpha value is -2.99. The molecular weight excluding hydrogens is 352 g/mol. The Balaban J connectivity index is 1.53. The lowest BCUT2D eigenvalue weighted by atomic mass is 10.1. The van der Waals surface area contributed by atoms with Gasteiger partial charge in [0, 0.05) is 24.1 Å². The van der Waals surface area contributed by atoms with Gasteiger partial charge in [0.05, 0.1) is 0 Å². The van der Waals surface area contributed by atoms with Gasteiger partial charge in [0.15, 0.2) is 0 Å². The Bertz CT molecular complexity index is 873. The second-order valence-electron chi connectivity index (χ2n) is 6.98. The average molecular weight is 378 g/mol. The summed E-state index contributed by atoms with van der Waals surface area (Å²) in [7, 11) is 4.04. The zero-order valence-electron chi connectivity index (χ0n) is 16.4. The molecule has 0 bridgehead atoms. The zero-order chi connectivity index (χ0) is 19.8. The maximum Gasteiger partial charge on any atom is 0.251 e. The molecule has 1 aromatic heterocycles. The van der Waals surface area contributed by atoms with E-state index in [9.17, 15) is 4.79 Å². The van der Waals surface area contributed by atoms with Crippen molar-refractivity contribution in [3.05, 3.63) is 71.6 Å². The summed E-state index contributed by atoms with van der Waals surface area (Å²) in [5, 5.41) is 11.2. The molecule has 0 saturated carbocycles. The summed E-state index contributed by atoms with van der Waals surface area (Å²) in [5.74, 6) is 1.02. The lowest BCUT2D eigenvalue weighted by Gasteiger charge is -2.10.